The average Bonchev–Trinajstić information content (AvgIpc) is 3.08. The summed E-state index contributed by atoms with van der Waals surface area (Å²) < 4.78 is 0. The molecule has 104 valence electrons. The van der Waals surface area contributed by atoms with Gasteiger partial charge in [-0.15, -0.1) is 23.7 Å². The Kier molecular flexibility index (Phi) is 3.32. The topological polar surface area (TPSA) is 35.8 Å². The number of nitrogens with zero attached hydrogens (tertiary/aromatic N) is 2. The van der Waals surface area contributed by atoms with E-state index in [1.807, 2.05) is 40.6 Å². The Hall–Kier alpha value is -1.36. The molecule has 4 rings (SSSR count). The van der Waals surface area contributed by atoms with Crippen LogP contribution in [0, 0.1) is 0 Å². The summed E-state index contributed by atoms with van der Waals surface area (Å²) in [6.45, 7) is 1.70. The summed E-state index contributed by atoms with van der Waals surface area (Å²) in [6.07, 6.45) is 0.991. The minimum Gasteiger partial charge on any atom is -0.362 e. The van der Waals surface area contributed by atoms with Crippen LogP contribution in [0.1, 0.15) is 22.4 Å². The predicted octanol–water partition coefficient (Wildman–Crippen LogP) is 2.83. The van der Waals surface area contributed by atoms with Gasteiger partial charge < -0.3 is 10.0 Å². The zero-order chi connectivity index (χ0) is 12.9. The van der Waals surface area contributed by atoms with Gasteiger partial charge in [0, 0.05) is 24.2 Å². The van der Waals surface area contributed by atoms with Gasteiger partial charge in [0.1, 0.15) is 5.84 Å². The molecule has 20 heavy (non-hydrogen) atoms. The minimum atomic E-state index is -1.04. The first-order valence-corrected chi connectivity index (χ1v) is 7.38. The fraction of sp³-hybridized carbons (Fsp3) is 0.267. The van der Waals surface area contributed by atoms with E-state index in [1.165, 1.54) is 0 Å². The van der Waals surface area contributed by atoms with Gasteiger partial charge in [0.25, 0.3) is 0 Å². The maximum Gasteiger partial charge on any atom is 0.202 e. The van der Waals surface area contributed by atoms with Crippen LogP contribution in [-0.2, 0) is 5.72 Å². The zero-order valence-corrected chi connectivity index (χ0v) is 12.5. The van der Waals surface area contributed by atoms with Crippen molar-refractivity contribution in [1.29, 1.82) is 0 Å². The number of hydrogen-bond acceptors (Lipinski definition) is 4. The minimum absolute atomic E-state index is 0. The summed E-state index contributed by atoms with van der Waals surface area (Å²) >= 11 is 1.59. The van der Waals surface area contributed by atoms with Crippen molar-refractivity contribution in [2.75, 3.05) is 13.1 Å². The molecule has 0 saturated heterocycles. The molecule has 0 aliphatic carbocycles. The van der Waals surface area contributed by atoms with Crippen LogP contribution < -0.4 is 0 Å². The Morgan fingerprint density at radius 3 is 2.85 bits per heavy atom. The SMILES string of the molecule is Cl.OC1(c2cccs2)c2ccccc2C2=NCCCN21. The van der Waals surface area contributed by atoms with Gasteiger partial charge in [-0.1, -0.05) is 30.3 Å². The first-order valence-electron chi connectivity index (χ1n) is 6.50. The fourth-order valence-electron chi connectivity index (χ4n) is 3.02. The Morgan fingerprint density at radius 2 is 2.05 bits per heavy atom. The monoisotopic (exact) mass is 306 g/mol. The normalized spacial score (nSPS) is 23.6. The third kappa shape index (κ3) is 1.65. The Bertz CT molecular complexity index is 656. The maximum absolute atomic E-state index is 11.4. The largest absolute Gasteiger partial charge is 0.362 e. The summed E-state index contributed by atoms with van der Waals surface area (Å²) in [5.74, 6) is 0.942. The van der Waals surface area contributed by atoms with E-state index < -0.39 is 5.72 Å². The lowest BCUT2D eigenvalue weighted by Gasteiger charge is -2.36. The molecule has 0 saturated carbocycles. The molecule has 0 bridgehead atoms. The van der Waals surface area contributed by atoms with Gasteiger partial charge in [0.2, 0.25) is 5.72 Å². The highest BCUT2D eigenvalue weighted by Gasteiger charge is 2.49. The van der Waals surface area contributed by atoms with Crippen molar-refractivity contribution in [2.24, 2.45) is 4.99 Å². The van der Waals surface area contributed by atoms with E-state index in [9.17, 15) is 5.11 Å². The number of rotatable bonds is 1. The molecule has 0 radical (unpaired) electrons. The molecule has 2 aliphatic rings. The molecular weight excluding hydrogens is 292 g/mol. The highest BCUT2D eigenvalue weighted by Crippen LogP contribution is 2.44. The number of aliphatic hydroxyl groups is 1. The van der Waals surface area contributed by atoms with Crippen LogP contribution in [0.4, 0.5) is 0 Å². The number of amidine groups is 1. The van der Waals surface area contributed by atoms with Crippen molar-refractivity contribution in [3.63, 3.8) is 0 Å². The van der Waals surface area contributed by atoms with Crippen molar-refractivity contribution in [2.45, 2.75) is 12.1 Å². The molecule has 1 unspecified atom stereocenters. The summed E-state index contributed by atoms with van der Waals surface area (Å²) in [4.78, 5) is 7.64. The lowest BCUT2D eigenvalue weighted by molar-refractivity contribution is -0.0285. The Balaban J connectivity index is 0.00000121. The summed E-state index contributed by atoms with van der Waals surface area (Å²) in [6, 6.07) is 12.0. The average molecular weight is 307 g/mol. The van der Waals surface area contributed by atoms with Gasteiger partial charge in [-0.2, -0.15) is 0 Å². The third-order valence-electron chi connectivity index (χ3n) is 3.86. The molecule has 2 aromatic rings. The van der Waals surface area contributed by atoms with Gasteiger partial charge >= 0.3 is 0 Å². The second-order valence-corrected chi connectivity index (χ2v) is 5.85. The summed E-state index contributed by atoms with van der Waals surface area (Å²) in [5, 5.41) is 13.4. The lowest BCUT2D eigenvalue weighted by Crippen LogP contribution is -2.46. The number of hydrogen-bond donors (Lipinski definition) is 1. The van der Waals surface area contributed by atoms with Crippen LogP contribution in [-0.4, -0.2) is 28.9 Å². The van der Waals surface area contributed by atoms with E-state index in [-0.39, 0.29) is 12.4 Å². The van der Waals surface area contributed by atoms with E-state index in [1.54, 1.807) is 11.3 Å². The third-order valence-corrected chi connectivity index (χ3v) is 4.82. The van der Waals surface area contributed by atoms with Gasteiger partial charge in [-0.3, -0.25) is 4.99 Å². The van der Waals surface area contributed by atoms with Crippen molar-refractivity contribution >= 4 is 29.6 Å². The molecule has 0 fully saturated rings. The smallest absolute Gasteiger partial charge is 0.202 e. The van der Waals surface area contributed by atoms with E-state index in [0.29, 0.717) is 0 Å². The number of aliphatic imine (C=N–C) groups is 1. The highest BCUT2D eigenvalue weighted by molar-refractivity contribution is 7.10. The second-order valence-electron chi connectivity index (χ2n) is 4.91. The molecule has 1 aromatic heterocycles. The summed E-state index contributed by atoms with van der Waals surface area (Å²) in [7, 11) is 0. The first-order chi connectivity index (χ1) is 9.32. The second kappa shape index (κ2) is 4.88. The quantitative estimate of drug-likeness (QED) is 0.879. The molecule has 1 N–H and O–H groups in total. The van der Waals surface area contributed by atoms with Crippen molar-refractivity contribution in [3.8, 4) is 0 Å². The van der Waals surface area contributed by atoms with Crippen LogP contribution in [0.5, 0.6) is 0 Å². The molecule has 0 amide bonds. The molecule has 1 aromatic carbocycles. The van der Waals surface area contributed by atoms with Crippen LogP contribution in [0.2, 0.25) is 0 Å². The van der Waals surface area contributed by atoms with Gasteiger partial charge in [-0.05, 0) is 17.9 Å². The van der Waals surface area contributed by atoms with Crippen molar-refractivity contribution in [3.05, 3.63) is 57.8 Å². The zero-order valence-electron chi connectivity index (χ0n) is 10.8. The molecule has 3 heterocycles. The maximum atomic E-state index is 11.4. The van der Waals surface area contributed by atoms with E-state index in [0.717, 1.165) is 41.4 Å². The van der Waals surface area contributed by atoms with E-state index in [4.69, 9.17) is 0 Å². The molecule has 2 aliphatic heterocycles. The number of fused-ring (bicyclic) bond motifs is 3. The van der Waals surface area contributed by atoms with Crippen LogP contribution in [0.25, 0.3) is 0 Å². The van der Waals surface area contributed by atoms with Gasteiger partial charge in [0.15, 0.2) is 0 Å². The van der Waals surface area contributed by atoms with Gasteiger partial charge in [0.05, 0.1) is 4.88 Å². The highest BCUT2D eigenvalue weighted by atomic mass is 35.5. The number of thiophene rings is 1. The lowest BCUT2D eigenvalue weighted by atomic mass is 10.00. The Labute approximate surface area is 128 Å². The first kappa shape index (κ1) is 13.6. The molecule has 3 nitrogen and oxygen atoms in total. The van der Waals surface area contributed by atoms with E-state index >= 15 is 0 Å². The molecule has 5 heteroatoms. The van der Waals surface area contributed by atoms with Gasteiger partial charge in [-0.25, -0.2) is 0 Å². The molecule has 0 spiro atoms. The van der Waals surface area contributed by atoms with E-state index in [2.05, 4.69) is 11.1 Å². The van der Waals surface area contributed by atoms with Crippen molar-refractivity contribution < 1.29 is 5.11 Å². The van der Waals surface area contributed by atoms with Crippen LogP contribution >= 0.6 is 23.7 Å². The number of halogens is 1. The van der Waals surface area contributed by atoms with Crippen molar-refractivity contribution in [1.82, 2.24) is 4.90 Å². The summed E-state index contributed by atoms with van der Waals surface area (Å²) in [5.41, 5.74) is 0.987. The Morgan fingerprint density at radius 1 is 1.20 bits per heavy atom. The molecule has 1 atom stereocenters. The standard InChI is InChI=1S/C15H14N2OS.ClH/c18-15(13-7-3-10-19-13)12-6-2-1-5-11(12)14-16-8-4-9-17(14)15;/h1-3,5-7,10,18H,4,8-9H2;1H. The predicted molar refractivity (Wildman–Crippen MR) is 83.7 cm³/mol. The van der Waals surface area contributed by atoms with Crippen LogP contribution in [0.15, 0.2) is 46.8 Å². The molecular formula is C15H15ClN2OS. The van der Waals surface area contributed by atoms with Crippen LogP contribution in [0.3, 0.4) is 0 Å². The fourth-order valence-corrected chi connectivity index (χ4v) is 3.87. The number of benzene rings is 1.